The van der Waals surface area contributed by atoms with Crippen molar-refractivity contribution in [3.05, 3.63) is 0 Å². The number of carbonyl (C=O) groups excluding carboxylic acids is 1. The molecule has 2 N–H and O–H groups in total. The van der Waals surface area contributed by atoms with Gasteiger partial charge < -0.3 is 14.9 Å². The van der Waals surface area contributed by atoms with E-state index in [0.29, 0.717) is 0 Å². The lowest BCUT2D eigenvalue weighted by atomic mass is 10.3. The lowest BCUT2D eigenvalue weighted by Gasteiger charge is -2.09. The summed E-state index contributed by atoms with van der Waals surface area (Å²) < 4.78 is 4.21. The number of aliphatic hydroxyl groups is 2. The van der Waals surface area contributed by atoms with E-state index < -0.39 is 5.97 Å². The highest BCUT2D eigenvalue weighted by Crippen LogP contribution is 2.15. The minimum atomic E-state index is -2.18. The molecule has 0 atom stereocenters. The van der Waals surface area contributed by atoms with Gasteiger partial charge in [0.1, 0.15) is 6.61 Å². The first-order valence-electron chi connectivity index (χ1n) is 2.20. The van der Waals surface area contributed by atoms with E-state index in [1.54, 1.807) is 0 Å². The van der Waals surface area contributed by atoms with Crippen LogP contribution >= 0.6 is 0 Å². The third kappa shape index (κ3) is 1.03. The van der Waals surface area contributed by atoms with Crippen molar-refractivity contribution in [2.75, 3.05) is 6.61 Å². The number of hydrogen-bond donors (Lipinski definition) is 2. The number of hydrogen-bond acceptors (Lipinski definition) is 4. The Kier molecular flexibility index (Phi) is 1.07. The van der Waals surface area contributed by atoms with Gasteiger partial charge in [0, 0.05) is 0 Å². The van der Waals surface area contributed by atoms with Gasteiger partial charge in [-0.3, -0.25) is 4.79 Å². The lowest BCUT2D eigenvalue weighted by molar-refractivity contribution is -0.312. The quantitative estimate of drug-likeness (QED) is 0.384. The van der Waals surface area contributed by atoms with Crippen LogP contribution in [-0.4, -0.2) is 28.6 Å². The maximum Gasteiger partial charge on any atom is 0.285 e. The molecule has 0 radical (unpaired) electrons. The summed E-state index contributed by atoms with van der Waals surface area (Å²) in [6.45, 7) is -0.188. The molecule has 1 fully saturated rings. The topological polar surface area (TPSA) is 66.8 Å². The largest absolute Gasteiger partial charge is 0.343 e. The molecular formula is C4H6O4. The Balaban J connectivity index is 2.56. The van der Waals surface area contributed by atoms with Gasteiger partial charge in [0.25, 0.3) is 5.97 Å². The molecular weight excluding hydrogens is 112 g/mol. The van der Waals surface area contributed by atoms with Crippen LogP contribution in [0.1, 0.15) is 6.42 Å². The zero-order chi connectivity index (χ0) is 6.20. The molecule has 0 aliphatic carbocycles. The molecule has 46 valence electrons. The molecule has 0 saturated carbocycles. The maximum atomic E-state index is 10.2. The summed E-state index contributed by atoms with van der Waals surface area (Å²) in [6, 6.07) is 0. The zero-order valence-corrected chi connectivity index (χ0v) is 4.13. The molecule has 0 aromatic carbocycles. The van der Waals surface area contributed by atoms with E-state index in [2.05, 4.69) is 4.74 Å². The summed E-state index contributed by atoms with van der Waals surface area (Å²) in [5, 5.41) is 17.0. The summed E-state index contributed by atoms with van der Waals surface area (Å²) in [5.74, 6) is -2.47. The van der Waals surface area contributed by atoms with Crippen molar-refractivity contribution in [2.45, 2.75) is 12.4 Å². The Bertz CT molecular complexity index is 117. The summed E-state index contributed by atoms with van der Waals surface area (Å²) in [4.78, 5) is 10.2. The maximum absolute atomic E-state index is 10.2. The number of rotatable bonds is 0. The summed E-state index contributed by atoms with van der Waals surface area (Å²) in [7, 11) is 0. The second-order valence-electron chi connectivity index (χ2n) is 1.75. The van der Waals surface area contributed by atoms with Crippen molar-refractivity contribution in [3.8, 4) is 0 Å². The van der Waals surface area contributed by atoms with E-state index in [1.807, 2.05) is 0 Å². The van der Waals surface area contributed by atoms with E-state index in [9.17, 15) is 4.79 Å². The van der Waals surface area contributed by atoms with Crippen LogP contribution in [0.4, 0.5) is 0 Å². The van der Waals surface area contributed by atoms with Crippen molar-refractivity contribution in [1.82, 2.24) is 0 Å². The fraction of sp³-hybridized carbons (Fsp3) is 0.750. The van der Waals surface area contributed by atoms with Gasteiger partial charge in [-0.1, -0.05) is 0 Å². The molecule has 4 heteroatoms. The standard InChI is InChI=1S/C4H6O4/c5-3-1-4(6,7)8-2-3/h6-7H,1-2H2. The fourth-order valence-corrected chi connectivity index (χ4v) is 0.555. The van der Waals surface area contributed by atoms with Gasteiger partial charge in [0.2, 0.25) is 0 Å². The second-order valence-corrected chi connectivity index (χ2v) is 1.75. The fourth-order valence-electron chi connectivity index (χ4n) is 0.555. The molecule has 1 aliphatic heterocycles. The molecule has 0 bridgehead atoms. The molecule has 1 rings (SSSR count). The normalized spacial score (nSPS) is 26.5. The summed E-state index contributed by atoms with van der Waals surface area (Å²) >= 11 is 0. The molecule has 1 saturated heterocycles. The van der Waals surface area contributed by atoms with E-state index in [4.69, 9.17) is 10.2 Å². The first-order chi connectivity index (χ1) is 3.60. The van der Waals surface area contributed by atoms with E-state index >= 15 is 0 Å². The lowest BCUT2D eigenvalue weighted by Crippen LogP contribution is -2.25. The van der Waals surface area contributed by atoms with Gasteiger partial charge in [-0.15, -0.1) is 0 Å². The molecule has 0 spiro atoms. The second kappa shape index (κ2) is 1.51. The van der Waals surface area contributed by atoms with Crippen LogP contribution in [-0.2, 0) is 9.53 Å². The molecule has 4 nitrogen and oxygen atoms in total. The molecule has 0 unspecified atom stereocenters. The Morgan fingerprint density at radius 2 is 2.25 bits per heavy atom. The first-order valence-corrected chi connectivity index (χ1v) is 2.20. The average molecular weight is 118 g/mol. The highest BCUT2D eigenvalue weighted by atomic mass is 16.8. The molecule has 1 heterocycles. The van der Waals surface area contributed by atoms with Crippen LogP contribution in [0, 0.1) is 0 Å². The number of ether oxygens (including phenoxy) is 1. The van der Waals surface area contributed by atoms with E-state index in [-0.39, 0.29) is 18.8 Å². The van der Waals surface area contributed by atoms with Crippen molar-refractivity contribution in [1.29, 1.82) is 0 Å². The molecule has 0 aromatic rings. The van der Waals surface area contributed by atoms with Gasteiger partial charge in [0.15, 0.2) is 5.78 Å². The summed E-state index contributed by atoms with van der Waals surface area (Å²) in [6.07, 6.45) is -0.312. The molecule has 1 aliphatic rings. The zero-order valence-electron chi connectivity index (χ0n) is 4.13. The Morgan fingerprint density at radius 1 is 1.62 bits per heavy atom. The third-order valence-electron chi connectivity index (χ3n) is 0.892. The molecule has 0 amide bonds. The number of Topliss-reactive ketones (excluding diaryl/α,β-unsaturated/α-hetero) is 1. The van der Waals surface area contributed by atoms with Crippen LogP contribution in [0.5, 0.6) is 0 Å². The van der Waals surface area contributed by atoms with Crippen LogP contribution in [0.2, 0.25) is 0 Å². The van der Waals surface area contributed by atoms with Crippen molar-refractivity contribution in [3.63, 3.8) is 0 Å². The molecule has 8 heavy (non-hydrogen) atoms. The molecule has 0 aromatic heterocycles. The van der Waals surface area contributed by atoms with Gasteiger partial charge in [-0.05, 0) is 0 Å². The van der Waals surface area contributed by atoms with Crippen LogP contribution in [0.3, 0.4) is 0 Å². The van der Waals surface area contributed by atoms with Crippen LogP contribution in [0.25, 0.3) is 0 Å². The Labute approximate surface area is 45.7 Å². The van der Waals surface area contributed by atoms with E-state index in [1.165, 1.54) is 0 Å². The van der Waals surface area contributed by atoms with Gasteiger partial charge >= 0.3 is 0 Å². The minimum absolute atomic E-state index is 0.188. The highest BCUT2D eigenvalue weighted by molar-refractivity contribution is 5.81. The first kappa shape index (κ1) is 5.68. The monoisotopic (exact) mass is 118 g/mol. The third-order valence-corrected chi connectivity index (χ3v) is 0.892. The SMILES string of the molecule is O=C1COC(O)(O)C1. The van der Waals surface area contributed by atoms with Gasteiger partial charge in [-0.2, -0.15) is 0 Å². The van der Waals surface area contributed by atoms with Gasteiger partial charge in [0.05, 0.1) is 6.42 Å². The van der Waals surface area contributed by atoms with Crippen LogP contribution < -0.4 is 0 Å². The van der Waals surface area contributed by atoms with E-state index in [0.717, 1.165) is 0 Å². The predicted molar refractivity (Wildman–Crippen MR) is 22.7 cm³/mol. The predicted octanol–water partition coefficient (Wildman–Crippen LogP) is -1.39. The Hall–Kier alpha value is -0.450. The smallest absolute Gasteiger partial charge is 0.285 e. The number of ketones is 1. The van der Waals surface area contributed by atoms with Gasteiger partial charge in [-0.25, -0.2) is 0 Å². The number of carbonyl (C=O) groups is 1. The van der Waals surface area contributed by atoms with Crippen molar-refractivity contribution in [2.24, 2.45) is 0 Å². The highest BCUT2D eigenvalue weighted by Gasteiger charge is 2.35. The van der Waals surface area contributed by atoms with Crippen molar-refractivity contribution < 1.29 is 19.7 Å². The van der Waals surface area contributed by atoms with Crippen LogP contribution in [0.15, 0.2) is 0 Å². The summed E-state index contributed by atoms with van der Waals surface area (Å²) in [5.41, 5.74) is 0. The minimum Gasteiger partial charge on any atom is -0.343 e. The van der Waals surface area contributed by atoms with Crippen molar-refractivity contribution >= 4 is 5.78 Å². The average Bonchev–Trinajstić information content (AvgIpc) is 1.82. The Morgan fingerprint density at radius 3 is 2.38 bits per heavy atom.